The van der Waals surface area contributed by atoms with Gasteiger partial charge in [0.15, 0.2) is 6.10 Å². The van der Waals surface area contributed by atoms with Crippen LogP contribution < -0.4 is 10.1 Å². The highest BCUT2D eigenvalue weighted by molar-refractivity contribution is 5.83. The number of carbonyl (C=O) groups excluding carboxylic acids is 1. The number of anilines is 1. The van der Waals surface area contributed by atoms with Crippen LogP contribution in [0.4, 0.5) is 5.69 Å². The highest BCUT2D eigenvalue weighted by Crippen LogP contribution is 2.30. The Bertz CT molecular complexity index is 674. The molecule has 2 aromatic carbocycles. The van der Waals surface area contributed by atoms with Gasteiger partial charge in [-0.1, -0.05) is 36.4 Å². The first kappa shape index (κ1) is 12.3. The molecular weight excluding hydrogens is 264 g/mol. The number of ether oxygens (including phenoxy) is 1. The summed E-state index contributed by atoms with van der Waals surface area (Å²) in [6.07, 6.45) is -0.450. The van der Waals surface area contributed by atoms with Crippen molar-refractivity contribution in [1.29, 1.82) is 0 Å². The monoisotopic (exact) mass is 280 g/mol. The Morgan fingerprint density at radius 3 is 2.48 bits per heavy atom. The van der Waals surface area contributed by atoms with Crippen LogP contribution in [0.1, 0.15) is 11.1 Å². The van der Waals surface area contributed by atoms with Crippen LogP contribution in [-0.4, -0.2) is 23.5 Å². The van der Waals surface area contributed by atoms with E-state index in [9.17, 15) is 4.79 Å². The molecule has 2 aliphatic heterocycles. The minimum atomic E-state index is -0.450. The molecule has 0 fully saturated rings. The number of benzene rings is 2. The van der Waals surface area contributed by atoms with E-state index in [4.69, 9.17) is 4.74 Å². The maximum Gasteiger partial charge on any atom is 0.266 e. The van der Waals surface area contributed by atoms with E-state index in [1.54, 1.807) is 0 Å². The predicted molar refractivity (Wildman–Crippen MR) is 80.0 cm³/mol. The van der Waals surface area contributed by atoms with E-state index in [-0.39, 0.29) is 5.91 Å². The third-order valence-electron chi connectivity index (χ3n) is 4.06. The molecule has 0 aliphatic carbocycles. The number of carbonyl (C=O) groups is 1. The Morgan fingerprint density at radius 1 is 1.05 bits per heavy atom. The molecule has 0 bridgehead atoms. The molecule has 1 unspecified atom stereocenters. The molecule has 0 saturated heterocycles. The number of para-hydroxylation sites is 2. The summed E-state index contributed by atoms with van der Waals surface area (Å²) in [5.74, 6) is 0.798. The Labute approximate surface area is 123 Å². The zero-order valence-corrected chi connectivity index (χ0v) is 11.6. The standard InChI is InChI=1S/C17H16N2O2/c20-17(19-10-12-5-1-2-6-13(12)11-19)16-9-18-14-7-3-4-8-15(14)21-16/h1-8,16,18H,9-11H2. The summed E-state index contributed by atoms with van der Waals surface area (Å²) in [6.45, 7) is 1.87. The van der Waals surface area contributed by atoms with E-state index in [0.29, 0.717) is 19.6 Å². The van der Waals surface area contributed by atoms with Gasteiger partial charge in [-0.3, -0.25) is 4.79 Å². The van der Waals surface area contributed by atoms with Crippen molar-refractivity contribution in [1.82, 2.24) is 4.90 Å². The molecule has 1 N–H and O–H groups in total. The van der Waals surface area contributed by atoms with E-state index in [0.717, 1.165) is 11.4 Å². The maximum atomic E-state index is 12.6. The number of hydrogen-bond acceptors (Lipinski definition) is 3. The highest BCUT2D eigenvalue weighted by Gasteiger charge is 2.32. The summed E-state index contributed by atoms with van der Waals surface area (Å²) >= 11 is 0. The van der Waals surface area contributed by atoms with E-state index >= 15 is 0 Å². The third-order valence-corrected chi connectivity index (χ3v) is 4.06. The second-order valence-corrected chi connectivity index (χ2v) is 5.45. The van der Waals surface area contributed by atoms with Crippen LogP contribution in [0, 0.1) is 0 Å². The summed E-state index contributed by atoms with van der Waals surface area (Å²) in [6, 6.07) is 15.9. The van der Waals surface area contributed by atoms with Crippen molar-refractivity contribution in [2.45, 2.75) is 19.2 Å². The Hall–Kier alpha value is -2.49. The fourth-order valence-electron chi connectivity index (χ4n) is 2.94. The van der Waals surface area contributed by atoms with Crippen molar-refractivity contribution >= 4 is 11.6 Å². The molecule has 4 heteroatoms. The normalized spacial score (nSPS) is 19.2. The van der Waals surface area contributed by atoms with E-state index in [2.05, 4.69) is 17.4 Å². The molecular formula is C17H16N2O2. The summed E-state index contributed by atoms with van der Waals surface area (Å²) < 4.78 is 5.85. The van der Waals surface area contributed by atoms with Gasteiger partial charge in [0.05, 0.1) is 12.2 Å². The fraction of sp³-hybridized carbons (Fsp3) is 0.235. The van der Waals surface area contributed by atoms with Crippen LogP contribution in [-0.2, 0) is 17.9 Å². The van der Waals surface area contributed by atoms with Gasteiger partial charge >= 0.3 is 0 Å². The quantitative estimate of drug-likeness (QED) is 0.872. The minimum absolute atomic E-state index is 0.0493. The summed E-state index contributed by atoms with van der Waals surface area (Å²) in [7, 11) is 0. The van der Waals surface area contributed by atoms with Crippen molar-refractivity contribution in [3.8, 4) is 5.75 Å². The van der Waals surface area contributed by atoms with Crippen LogP contribution in [0.3, 0.4) is 0 Å². The molecule has 0 spiro atoms. The summed E-state index contributed by atoms with van der Waals surface area (Å²) in [4.78, 5) is 14.5. The van der Waals surface area contributed by atoms with Crippen molar-refractivity contribution < 1.29 is 9.53 Å². The van der Waals surface area contributed by atoms with Gasteiger partial charge in [0, 0.05) is 13.1 Å². The first-order valence-corrected chi connectivity index (χ1v) is 7.16. The van der Waals surface area contributed by atoms with Gasteiger partial charge in [-0.05, 0) is 23.3 Å². The molecule has 21 heavy (non-hydrogen) atoms. The lowest BCUT2D eigenvalue weighted by Crippen LogP contribution is -2.45. The zero-order chi connectivity index (χ0) is 14.2. The van der Waals surface area contributed by atoms with E-state index < -0.39 is 6.10 Å². The van der Waals surface area contributed by atoms with E-state index in [1.165, 1.54) is 11.1 Å². The Balaban J connectivity index is 1.50. The van der Waals surface area contributed by atoms with Crippen molar-refractivity contribution in [3.05, 3.63) is 59.7 Å². The summed E-state index contributed by atoms with van der Waals surface area (Å²) in [5.41, 5.74) is 3.41. The minimum Gasteiger partial charge on any atom is -0.477 e. The van der Waals surface area contributed by atoms with Gasteiger partial charge in [-0.15, -0.1) is 0 Å². The molecule has 1 amide bonds. The molecule has 0 saturated carbocycles. The molecule has 0 radical (unpaired) electrons. The van der Waals surface area contributed by atoms with Gasteiger partial charge < -0.3 is 15.0 Å². The predicted octanol–water partition coefficient (Wildman–Crippen LogP) is 2.40. The second-order valence-electron chi connectivity index (χ2n) is 5.45. The second kappa shape index (κ2) is 4.81. The first-order valence-electron chi connectivity index (χ1n) is 7.16. The molecule has 4 rings (SSSR count). The average Bonchev–Trinajstić information content (AvgIpc) is 2.97. The smallest absolute Gasteiger partial charge is 0.266 e. The molecule has 1 atom stereocenters. The van der Waals surface area contributed by atoms with Gasteiger partial charge in [-0.2, -0.15) is 0 Å². The molecule has 2 aromatic rings. The van der Waals surface area contributed by atoms with Crippen molar-refractivity contribution in [3.63, 3.8) is 0 Å². The third kappa shape index (κ3) is 2.13. The van der Waals surface area contributed by atoms with Crippen molar-refractivity contribution in [2.75, 3.05) is 11.9 Å². The van der Waals surface area contributed by atoms with E-state index in [1.807, 2.05) is 41.3 Å². The van der Waals surface area contributed by atoms with Crippen LogP contribution in [0.2, 0.25) is 0 Å². The molecule has 2 heterocycles. The number of nitrogens with one attached hydrogen (secondary N) is 1. The number of fused-ring (bicyclic) bond motifs is 2. The largest absolute Gasteiger partial charge is 0.477 e. The van der Waals surface area contributed by atoms with Gasteiger partial charge in [0.2, 0.25) is 0 Å². The maximum absolute atomic E-state index is 12.6. The molecule has 2 aliphatic rings. The number of rotatable bonds is 1. The van der Waals surface area contributed by atoms with Crippen LogP contribution in [0.15, 0.2) is 48.5 Å². The Morgan fingerprint density at radius 2 is 1.71 bits per heavy atom. The molecule has 4 nitrogen and oxygen atoms in total. The average molecular weight is 280 g/mol. The highest BCUT2D eigenvalue weighted by atomic mass is 16.5. The molecule has 106 valence electrons. The van der Waals surface area contributed by atoms with Gasteiger partial charge in [-0.25, -0.2) is 0 Å². The fourth-order valence-corrected chi connectivity index (χ4v) is 2.94. The number of hydrogen-bond donors (Lipinski definition) is 1. The molecule has 0 aromatic heterocycles. The van der Waals surface area contributed by atoms with Crippen molar-refractivity contribution in [2.24, 2.45) is 0 Å². The van der Waals surface area contributed by atoms with Gasteiger partial charge in [0.1, 0.15) is 5.75 Å². The first-order chi connectivity index (χ1) is 10.3. The number of nitrogens with zero attached hydrogens (tertiary/aromatic N) is 1. The summed E-state index contributed by atoms with van der Waals surface area (Å²) in [5, 5.41) is 3.27. The lowest BCUT2D eigenvalue weighted by Gasteiger charge is -2.29. The zero-order valence-electron chi connectivity index (χ0n) is 11.6. The number of amides is 1. The lowest BCUT2D eigenvalue weighted by molar-refractivity contribution is -0.139. The van der Waals surface area contributed by atoms with Crippen LogP contribution in [0.5, 0.6) is 5.75 Å². The topological polar surface area (TPSA) is 41.6 Å². The van der Waals surface area contributed by atoms with Crippen LogP contribution in [0.25, 0.3) is 0 Å². The lowest BCUT2D eigenvalue weighted by atomic mass is 10.1. The SMILES string of the molecule is O=C(C1CNc2ccccc2O1)N1Cc2ccccc2C1. The van der Waals surface area contributed by atoms with Crippen LogP contribution >= 0.6 is 0 Å². The van der Waals surface area contributed by atoms with Gasteiger partial charge in [0.25, 0.3) is 5.91 Å². The Kier molecular flexibility index (Phi) is 2.81.